The number of hydrogen-bond acceptors (Lipinski definition) is 6. The Morgan fingerprint density at radius 2 is 1.79 bits per heavy atom. The number of para-hydroxylation sites is 1. The van der Waals surface area contributed by atoms with Gasteiger partial charge in [-0.3, -0.25) is 9.69 Å². The Morgan fingerprint density at radius 1 is 1.08 bits per heavy atom. The van der Waals surface area contributed by atoms with E-state index in [-0.39, 0.29) is 5.91 Å². The lowest BCUT2D eigenvalue weighted by molar-refractivity contribution is 0.0948. The normalized spacial score (nSPS) is 15.2. The van der Waals surface area contributed by atoms with E-state index in [1.165, 1.54) is 0 Å². The monoisotopic (exact) mass is 326 g/mol. The number of aromatic nitrogens is 2. The number of rotatable bonds is 5. The molecule has 126 valence electrons. The van der Waals surface area contributed by atoms with Crippen molar-refractivity contribution in [1.82, 2.24) is 20.2 Å². The van der Waals surface area contributed by atoms with Crippen molar-refractivity contribution in [3.05, 3.63) is 48.3 Å². The smallest absolute Gasteiger partial charge is 0.253 e. The van der Waals surface area contributed by atoms with Gasteiger partial charge in [0.15, 0.2) is 0 Å². The molecule has 1 aromatic heterocycles. The Morgan fingerprint density at radius 3 is 2.50 bits per heavy atom. The Labute approximate surface area is 141 Å². The van der Waals surface area contributed by atoms with Crippen LogP contribution in [0.3, 0.4) is 0 Å². The van der Waals surface area contributed by atoms with Gasteiger partial charge in [0, 0.05) is 57.3 Å². The molecular formula is C17H22N6O. The number of nitrogens with one attached hydrogen (secondary N) is 1. The van der Waals surface area contributed by atoms with Crippen LogP contribution in [0.5, 0.6) is 0 Å². The minimum Gasteiger partial charge on any atom is -0.398 e. The summed E-state index contributed by atoms with van der Waals surface area (Å²) in [5.41, 5.74) is 6.86. The molecule has 7 nitrogen and oxygen atoms in total. The van der Waals surface area contributed by atoms with E-state index in [9.17, 15) is 4.79 Å². The van der Waals surface area contributed by atoms with Crippen molar-refractivity contribution in [2.24, 2.45) is 0 Å². The highest BCUT2D eigenvalue weighted by Crippen LogP contribution is 2.10. The highest BCUT2D eigenvalue weighted by atomic mass is 16.1. The van der Waals surface area contributed by atoms with Gasteiger partial charge in [-0.15, -0.1) is 0 Å². The molecule has 0 aliphatic carbocycles. The zero-order chi connectivity index (χ0) is 16.8. The van der Waals surface area contributed by atoms with Crippen LogP contribution < -0.4 is 16.0 Å². The zero-order valence-electron chi connectivity index (χ0n) is 13.6. The first-order valence-corrected chi connectivity index (χ1v) is 8.11. The first kappa shape index (κ1) is 16.2. The van der Waals surface area contributed by atoms with Crippen molar-refractivity contribution >= 4 is 17.5 Å². The summed E-state index contributed by atoms with van der Waals surface area (Å²) in [4.78, 5) is 25.2. The molecule has 1 amide bonds. The van der Waals surface area contributed by atoms with Gasteiger partial charge in [0.2, 0.25) is 5.95 Å². The first-order chi connectivity index (χ1) is 11.7. The molecular weight excluding hydrogens is 304 g/mol. The summed E-state index contributed by atoms with van der Waals surface area (Å²) in [6.45, 7) is 5.08. The minimum atomic E-state index is -0.121. The fraction of sp³-hybridized carbons (Fsp3) is 0.353. The summed E-state index contributed by atoms with van der Waals surface area (Å²) in [5.74, 6) is 0.662. The van der Waals surface area contributed by atoms with E-state index >= 15 is 0 Å². The number of nitrogens with two attached hydrogens (primary N) is 1. The highest BCUT2D eigenvalue weighted by molar-refractivity contribution is 5.99. The van der Waals surface area contributed by atoms with E-state index in [1.54, 1.807) is 24.5 Å². The number of carbonyl (C=O) groups is 1. The molecule has 3 N–H and O–H groups in total. The third-order valence-electron chi connectivity index (χ3n) is 4.13. The molecule has 0 spiro atoms. The van der Waals surface area contributed by atoms with Crippen molar-refractivity contribution in [1.29, 1.82) is 0 Å². The van der Waals surface area contributed by atoms with Crippen LogP contribution in [0.2, 0.25) is 0 Å². The molecule has 7 heteroatoms. The molecule has 1 aliphatic heterocycles. The second-order valence-corrected chi connectivity index (χ2v) is 5.72. The maximum absolute atomic E-state index is 12.1. The quantitative estimate of drug-likeness (QED) is 0.783. The Bertz CT molecular complexity index is 670. The van der Waals surface area contributed by atoms with Gasteiger partial charge in [-0.1, -0.05) is 12.1 Å². The lowest BCUT2D eigenvalue weighted by atomic mass is 10.1. The lowest BCUT2D eigenvalue weighted by Gasteiger charge is -2.34. The molecule has 0 saturated carbocycles. The summed E-state index contributed by atoms with van der Waals surface area (Å²) in [7, 11) is 0. The van der Waals surface area contributed by atoms with E-state index in [1.807, 2.05) is 18.2 Å². The van der Waals surface area contributed by atoms with E-state index < -0.39 is 0 Å². The van der Waals surface area contributed by atoms with Crippen molar-refractivity contribution in [2.45, 2.75) is 0 Å². The lowest BCUT2D eigenvalue weighted by Crippen LogP contribution is -2.49. The number of hydrogen-bond donors (Lipinski definition) is 2. The average molecular weight is 326 g/mol. The van der Waals surface area contributed by atoms with Gasteiger partial charge in [0.25, 0.3) is 5.91 Å². The fourth-order valence-electron chi connectivity index (χ4n) is 2.75. The fourth-order valence-corrected chi connectivity index (χ4v) is 2.75. The third kappa shape index (κ3) is 3.99. The number of nitrogens with zero attached hydrogens (tertiary/aromatic N) is 4. The largest absolute Gasteiger partial charge is 0.398 e. The molecule has 24 heavy (non-hydrogen) atoms. The highest BCUT2D eigenvalue weighted by Gasteiger charge is 2.18. The van der Waals surface area contributed by atoms with Gasteiger partial charge in [0.05, 0.1) is 5.56 Å². The van der Waals surface area contributed by atoms with Gasteiger partial charge in [0.1, 0.15) is 0 Å². The molecule has 0 atom stereocenters. The van der Waals surface area contributed by atoms with Crippen LogP contribution in [0.1, 0.15) is 10.4 Å². The van der Waals surface area contributed by atoms with Gasteiger partial charge < -0.3 is 16.0 Å². The van der Waals surface area contributed by atoms with Gasteiger partial charge in [-0.05, 0) is 18.2 Å². The van der Waals surface area contributed by atoms with Crippen LogP contribution in [0, 0.1) is 0 Å². The summed E-state index contributed by atoms with van der Waals surface area (Å²) >= 11 is 0. The van der Waals surface area contributed by atoms with Gasteiger partial charge in [-0.25, -0.2) is 9.97 Å². The summed E-state index contributed by atoms with van der Waals surface area (Å²) in [6, 6.07) is 8.93. The standard InChI is InChI=1S/C17H22N6O/c18-15-5-2-1-4-14(15)16(24)19-8-9-22-10-12-23(13-11-22)17-20-6-3-7-21-17/h1-7H,8-13,18H2,(H,19,24). The number of amides is 1. The molecule has 0 unspecified atom stereocenters. The zero-order valence-corrected chi connectivity index (χ0v) is 13.6. The molecule has 1 aromatic carbocycles. The molecule has 1 aliphatic rings. The van der Waals surface area contributed by atoms with Crippen molar-refractivity contribution < 1.29 is 4.79 Å². The van der Waals surface area contributed by atoms with Crippen LogP contribution >= 0.6 is 0 Å². The van der Waals surface area contributed by atoms with Crippen LogP contribution in [-0.2, 0) is 0 Å². The second kappa shape index (κ2) is 7.74. The topological polar surface area (TPSA) is 87.4 Å². The maximum atomic E-state index is 12.1. The van der Waals surface area contributed by atoms with Crippen LogP contribution in [0.15, 0.2) is 42.7 Å². The average Bonchev–Trinajstić information content (AvgIpc) is 2.63. The number of nitrogen functional groups attached to an aromatic ring is 1. The molecule has 0 bridgehead atoms. The van der Waals surface area contributed by atoms with Crippen molar-refractivity contribution in [2.75, 3.05) is 49.9 Å². The van der Waals surface area contributed by atoms with Crippen molar-refractivity contribution in [3.8, 4) is 0 Å². The summed E-state index contributed by atoms with van der Waals surface area (Å²) in [6.07, 6.45) is 3.53. The summed E-state index contributed by atoms with van der Waals surface area (Å²) in [5, 5.41) is 2.93. The Hall–Kier alpha value is -2.67. The van der Waals surface area contributed by atoms with Gasteiger partial charge >= 0.3 is 0 Å². The minimum absolute atomic E-state index is 0.121. The van der Waals surface area contributed by atoms with Crippen LogP contribution in [0.25, 0.3) is 0 Å². The molecule has 2 aromatic rings. The predicted octanol–water partition coefficient (Wildman–Crippen LogP) is 0.611. The summed E-state index contributed by atoms with van der Waals surface area (Å²) < 4.78 is 0. The molecule has 3 rings (SSSR count). The molecule has 1 saturated heterocycles. The SMILES string of the molecule is Nc1ccccc1C(=O)NCCN1CCN(c2ncccn2)CC1. The Kier molecular flexibility index (Phi) is 5.22. The predicted molar refractivity (Wildman–Crippen MR) is 93.9 cm³/mol. The number of benzene rings is 1. The van der Waals surface area contributed by atoms with E-state index in [0.29, 0.717) is 17.8 Å². The number of anilines is 2. The number of piperazine rings is 1. The number of carbonyl (C=O) groups excluding carboxylic acids is 1. The van der Waals surface area contributed by atoms with Crippen LogP contribution in [0.4, 0.5) is 11.6 Å². The van der Waals surface area contributed by atoms with Crippen molar-refractivity contribution in [3.63, 3.8) is 0 Å². The van der Waals surface area contributed by atoms with E-state index in [4.69, 9.17) is 5.73 Å². The maximum Gasteiger partial charge on any atom is 0.253 e. The second-order valence-electron chi connectivity index (χ2n) is 5.72. The molecule has 1 fully saturated rings. The third-order valence-corrected chi connectivity index (χ3v) is 4.13. The molecule has 0 radical (unpaired) electrons. The Balaban J connectivity index is 1.41. The van der Waals surface area contributed by atoms with Crippen LogP contribution in [-0.4, -0.2) is 60.0 Å². The van der Waals surface area contributed by atoms with Gasteiger partial charge in [-0.2, -0.15) is 0 Å². The van der Waals surface area contributed by atoms with E-state index in [2.05, 4.69) is 25.1 Å². The first-order valence-electron chi connectivity index (χ1n) is 8.11. The molecule has 2 heterocycles. The van der Waals surface area contributed by atoms with E-state index in [0.717, 1.165) is 38.7 Å².